The van der Waals surface area contributed by atoms with Crippen molar-refractivity contribution in [3.8, 4) is 0 Å². The molecule has 1 aromatic rings. The van der Waals surface area contributed by atoms with Gasteiger partial charge in [-0.3, -0.25) is 14.7 Å². The highest BCUT2D eigenvalue weighted by Crippen LogP contribution is 2.25. The molecule has 1 aromatic heterocycles. The molecule has 3 fully saturated rings. The molecule has 1 saturated carbocycles. The molecule has 2 aliphatic heterocycles. The van der Waals surface area contributed by atoms with E-state index in [1.807, 2.05) is 12.4 Å². The van der Waals surface area contributed by atoms with Crippen molar-refractivity contribution in [3.05, 3.63) is 18.2 Å². The number of aryl methyl sites for hydroxylation is 1. The van der Waals surface area contributed by atoms with E-state index in [1.165, 1.54) is 77.2 Å². The van der Waals surface area contributed by atoms with Crippen LogP contribution >= 0.6 is 0 Å². The summed E-state index contributed by atoms with van der Waals surface area (Å²) in [4.78, 5) is 12.5. The molecule has 134 valence electrons. The Kier molecular flexibility index (Phi) is 5.20. The van der Waals surface area contributed by atoms with Crippen LogP contribution in [0.3, 0.4) is 0 Å². The van der Waals surface area contributed by atoms with Crippen LogP contribution in [0.2, 0.25) is 0 Å². The number of piperazine rings is 1. The van der Waals surface area contributed by atoms with Crippen LogP contribution < -0.4 is 0 Å². The fourth-order valence-electron chi connectivity index (χ4n) is 4.77. The minimum atomic E-state index is 0.805. The van der Waals surface area contributed by atoms with Crippen LogP contribution in [0.15, 0.2) is 12.4 Å². The van der Waals surface area contributed by atoms with Crippen molar-refractivity contribution in [2.45, 2.75) is 50.6 Å². The lowest BCUT2D eigenvalue weighted by Crippen LogP contribution is -2.63. The molecular formula is C19H33N5. The molecule has 1 aliphatic carbocycles. The van der Waals surface area contributed by atoms with Gasteiger partial charge in [-0.2, -0.15) is 0 Å². The molecule has 3 aliphatic rings. The molecule has 24 heavy (non-hydrogen) atoms. The van der Waals surface area contributed by atoms with Crippen molar-refractivity contribution >= 4 is 0 Å². The van der Waals surface area contributed by atoms with Gasteiger partial charge in [0.2, 0.25) is 0 Å². The number of imidazole rings is 1. The van der Waals surface area contributed by atoms with Gasteiger partial charge in [0, 0.05) is 83.8 Å². The molecule has 5 heteroatoms. The van der Waals surface area contributed by atoms with Gasteiger partial charge in [-0.15, -0.1) is 0 Å². The van der Waals surface area contributed by atoms with Crippen LogP contribution in [-0.2, 0) is 13.5 Å². The van der Waals surface area contributed by atoms with Gasteiger partial charge in [0.05, 0.1) is 0 Å². The number of aromatic nitrogens is 2. The highest BCUT2D eigenvalue weighted by molar-refractivity contribution is 4.95. The molecule has 0 amide bonds. The minimum Gasteiger partial charge on any atom is -0.338 e. The summed E-state index contributed by atoms with van der Waals surface area (Å²) in [6.45, 7) is 8.84. The monoisotopic (exact) mass is 331 g/mol. The van der Waals surface area contributed by atoms with E-state index in [-0.39, 0.29) is 0 Å². The molecule has 5 nitrogen and oxygen atoms in total. The number of rotatable bonds is 5. The zero-order valence-corrected chi connectivity index (χ0v) is 15.2. The third-order valence-electron chi connectivity index (χ3n) is 6.47. The Morgan fingerprint density at radius 2 is 1.62 bits per heavy atom. The number of nitrogens with zero attached hydrogens (tertiary/aromatic N) is 5. The van der Waals surface area contributed by atoms with Gasteiger partial charge in [-0.05, 0) is 12.8 Å². The normalized spacial score (nSPS) is 25.9. The number of hydrogen-bond acceptors (Lipinski definition) is 4. The molecule has 0 aromatic carbocycles. The van der Waals surface area contributed by atoms with Gasteiger partial charge in [-0.1, -0.05) is 19.3 Å². The van der Waals surface area contributed by atoms with Gasteiger partial charge >= 0.3 is 0 Å². The zero-order chi connectivity index (χ0) is 16.4. The maximum Gasteiger partial charge on any atom is 0.109 e. The first kappa shape index (κ1) is 16.6. The van der Waals surface area contributed by atoms with Crippen LogP contribution in [0.5, 0.6) is 0 Å². The summed E-state index contributed by atoms with van der Waals surface area (Å²) in [7, 11) is 2.09. The lowest BCUT2D eigenvalue weighted by atomic mass is 9.93. The van der Waals surface area contributed by atoms with Gasteiger partial charge in [0.1, 0.15) is 5.82 Å². The summed E-state index contributed by atoms with van der Waals surface area (Å²) >= 11 is 0. The highest BCUT2D eigenvalue weighted by atomic mass is 15.4. The minimum absolute atomic E-state index is 0.805. The number of likely N-dealkylation sites (tertiary alicyclic amines) is 1. The van der Waals surface area contributed by atoms with Gasteiger partial charge < -0.3 is 4.57 Å². The standard InChI is InChI=1S/C19H33N5/c1-21-10-8-20-19(21)7-9-22-15-18(16-22)24-13-11-23(12-14-24)17-5-3-2-4-6-17/h8,10,17-18H,2-7,9,11-16H2,1H3. The summed E-state index contributed by atoms with van der Waals surface area (Å²) in [5.74, 6) is 1.21. The van der Waals surface area contributed by atoms with E-state index in [4.69, 9.17) is 0 Å². The molecular weight excluding hydrogens is 298 g/mol. The SMILES string of the molecule is Cn1ccnc1CCN1CC(N2CCN(C3CCCCC3)CC2)C1. The van der Waals surface area contributed by atoms with E-state index >= 15 is 0 Å². The highest BCUT2D eigenvalue weighted by Gasteiger charge is 2.34. The molecule has 0 radical (unpaired) electrons. The fraction of sp³-hybridized carbons (Fsp3) is 0.842. The van der Waals surface area contributed by atoms with E-state index in [2.05, 4.69) is 31.3 Å². The molecule has 0 bridgehead atoms. The quantitative estimate of drug-likeness (QED) is 0.819. The first-order chi connectivity index (χ1) is 11.8. The average Bonchev–Trinajstić information content (AvgIpc) is 3.00. The second kappa shape index (κ2) is 7.54. The fourth-order valence-corrected chi connectivity index (χ4v) is 4.77. The van der Waals surface area contributed by atoms with Crippen LogP contribution in [0, 0.1) is 0 Å². The van der Waals surface area contributed by atoms with Gasteiger partial charge in [0.25, 0.3) is 0 Å². The smallest absolute Gasteiger partial charge is 0.109 e. The molecule has 0 atom stereocenters. The van der Waals surface area contributed by atoms with Crippen LogP contribution in [-0.4, -0.2) is 82.1 Å². The van der Waals surface area contributed by atoms with E-state index in [9.17, 15) is 0 Å². The van der Waals surface area contributed by atoms with Crippen LogP contribution in [0.25, 0.3) is 0 Å². The Bertz CT molecular complexity index is 508. The van der Waals surface area contributed by atoms with Crippen molar-refractivity contribution in [1.82, 2.24) is 24.3 Å². The maximum absolute atomic E-state index is 4.43. The molecule has 3 heterocycles. The van der Waals surface area contributed by atoms with Crippen molar-refractivity contribution in [2.75, 3.05) is 45.8 Å². The summed E-state index contributed by atoms with van der Waals surface area (Å²) in [5, 5.41) is 0. The second-order valence-electron chi connectivity index (χ2n) is 7.98. The third-order valence-corrected chi connectivity index (χ3v) is 6.47. The van der Waals surface area contributed by atoms with Gasteiger partial charge in [0.15, 0.2) is 0 Å². The van der Waals surface area contributed by atoms with Crippen molar-refractivity contribution in [1.29, 1.82) is 0 Å². The third kappa shape index (κ3) is 3.68. The Morgan fingerprint density at radius 1 is 0.958 bits per heavy atom. The lowest BCUT2D eigenvalue weighted by Gasteiger charge is -2.49. The first-order valence-corrected chi connectivity index (χ1v) is 9.96. The van der Waals surface area contributed by atoms with Crippen molar-refractivity contribution < 1.29 is 0 Å². The molecule has 0 unspecified atom stereocenters. The van der Waals surface area contributed by atoms with Crippen molar-refractivity contribution in [2.24, 2.45) is 7.05 Å². The zero-order valence-electron chi connectivity index (χ0n) is 15.2. The van der Waals surface area contributed by atoms with E-state index in [0.29, 0.717) is 0 Å². The first-order valence-electron chi connectivity index (χ1n) is 9.96. The van der Waals surface area contributed by atoms with Crippen LogP contribution in [0.4, 0.5) is 0 Å². The largest absolute Gasteiger partial charge is 0.338 e. The van der Waals surface area contributed by atoms with E-state index in [1.54, 1.807) is 0 Å². The summed E-state index contributed by atoms with van der Waals surface area (Å²) in [6.07, 6.45) is 12.3. The topological polar surface area (TPSA) is 27.5 Å². The molecule has 2 saturated heterocycles. The maximum atomic E-state index is 4.43. The molecule has 0 spiro atoms. The molecule has 0 N–H and O–H groups in total. The van der Waals surface area contributed by atoms with E-state index in [0.717, 1.165) is 25.0 Å². The summed E-state index contributed by atoms with van der Waals surface area (Å²) < 4.78 is 2.14. The van der Waals surface area contributed by atoms with Crippen molar-refractivity contribution in [3.63, 3.8) is 0 Å². The predicted octanol–water partition coefficient (Wildman–Crippen LogP) is 1.60. The molecule has 4 rings (SSSR count). The van der Waals surface area contributed by atoms with Crippen LogP contribution in [0.1, 0.15) is 37.9 Å². The number of hydrogen-bond donors (Lipinski definition) is 0. The summed E-state index contributed by atoms with van der Waals surface area (Å²) in [5.41, 5.74) is 0. The second-order valence-corrected chi connectivity index (χ2v) is 7.98. The van der Waals surface area contributed by atoms with E-state index < -0.39 is 0 Å². The Hall–Kier alpha value is -0.910. The predicted molar refractivity (Wildman–Crippen MR) is 97.2 cm³/mol. The summed E-state index contributed by atoms with van der Waals surface area (Å²) in [6, 6.07) is 1.71. The van der Waals surface area contributed by atoms with Gasteiger partial charge in [-0.25, -0.2) is 4.98 Å². The average molecular weight is 332 g/mol. The Morgan fingerprint density at radius 3 is 2.25 bits per heavy atom. The Labute approximate surface area is 146 Å². The Balaban J connectivity index is 1.15. The lowest BCUT2D eigenvalue weighted by molar-refractivity contribution is -0.00682.